The second-order valence-electron chi connectivity index (χ2n) is 10.9. The first-order valence-corrected chi connectivity index (χ1v) is 13.7. The molecule has 0 radical (unpaired) electrons. The van der Waals surface area contributed by atoms with Crippen molar-refractivity contribution in [1.82, 2.24) is 24.6 Å². The van der Waals surface area contributed by atoms with E-state index in [4.69, 9.17) is 24.5 Å². The lowest BCUT2D eigenvalue weighted by molar-refractivity contribution is -0.0423. The molecule has 0 amide bonds. The minimum Gasteiger partial charge on any atom is -0.394 e. The molecule has 3 unspecified atom stereocenters. The monoisotopic (exact) mass is 506 g/mol. The second-order valence-corrected chi connectivity index (χ2v) is 10.9. The van der Waals surface area contributed by atoms with Crippen LogP contribution >= 0.6 is 0 Å². The summed E-state index contributed by atoms with van der Waals surface area (Å²) in [6.45, 7) is 11.6. The number of likely N-dealkylation sites (tertiary alicyclic amines) is 1. The second kappa shape index (κ2) is 10.3. The Morgan fingerprint density at radius 1 is 1.03 bits per heavy atom. The number of aliphatic hydroxyl groups is 1. The van der Waals surface area contributed by atoms with E-state index in [1.165, 1.54) is 30.4 Å². The van der Waals surface area contributed by atoms with Gasteiger partial charge in [0.15, 0.2) is 5.82 Å². The van der Waals surface area contributed by atoms with E-state index in [1.807, 2.05) is 30.8 Å². The zero-order valence-corrected chi connectivity index (χ0v) is 22.1. The molecule has 3 fully saturated rings. The predicted molar refractivity (Wildman–Crippen MR) is 143 cm³/mol. The van der Waals surface area contributed by atoms with E-state index in [9.17, 15) is 5.11 Å². The number of benzene rings is 1. The summed E-state index contributed by atoms with van der Waals surface area (Å²) >= 11 is 0. The zero-order valence-electron chi connectivity index (χ0n) is 22.1. The Balaban J connectivity index is 1.29. The van der Waals surface area contributed by atoms with Gasteiger partial charge in [-0.1, -0.05) is 0 Å². The average Bonchev–Trinajstić information content (AvgIpc) is 3.58. The maximum Gasteiger partial charge on any atom is 0.159 e. The number of morpholine rings is 1. The maximum absolute atomic E-state index is 9.67. The number of anilines is 1. The van der Waals surface area contributed by atoms with Gasteiger partial charge in [-0.25, -0.2) is 14.6 Å². The summed E-state index contributed by atoms with van der Waals surface area (Å²) in [4.78, 5) is 14.3. The molecule has 1 aromatic carbocycles. The van der Waals surface area contributed by atoms with E-state index < -0.39 is 0 Å². The fraction of sp³-hybridized carbons (Fsp3) is 0.607. The largest absolute Gasteiger partial charge is 0.394 e. The first-order chi connectivity index (χ1) is 18.0. The summed E-state index contributed by atoms with van der Waals surface area (Å²) in [6, 6.07) is 7.22. The number of aryl methyl sites for hydroxylation is 2. The summed E-state index contributed by atoms with van der Waals surface area (Å²) in [5.41, 5.74) is 3.85. The Labute approximate surface area is 218 Å². The highest BCUT2D eigenvalue weighted by molar-refractivity contribution is 5.82. The smallest absolute Gasteiger partial charge is 0.159 e. The van der Waals surface area contributed by atoms with Crippen LogP contribution in [-0.4, -0.2) is 94.0 Å². The van der Waals surface area contributed by atoms with Crippen LogP contribution in [0.15, 0.2) is 24.4 Å². The lowest BCUT2D eigenvalue weighted by Crippen LogP contribution is -2.48. The van der Waals surface area contributed by atoms with Gasteiger partial charge < -0.3 is 19.5 Å². The van der Waals surface area contributed by atoms with Crippen LogP contribution in [0.3, 0.4) is 0 Å². The number of fused-ring (bicyclic) bond motifs is 1. The third-order valence-electron chi connectivity index (χ3n) is 8.23. The molecule has 3 atom stereocenters. The van der Waals surface area contributed by atoms with Crippen LogP contribution in [0.5, 0.6) is 0 Å². The highest BCUT2D eigenvalue weighted by atomic mass is 16.5. The molecule has 198 valence electrons. The van der Waals surface area contributed by atoms with Gasteiger partial charge in [-0.05, 0) is 82.3 Å². The first-order valence-electron chi connectivity index (χ1n) is 13.7. The molecule has 3 aromatic rings. The molecule has 9 heteroatoms. The van der Waals surface area contributed by atoms with Crippen LogP contribution in [0.4, 0.5) is 5.82 Å². The normalized spacial score (nSPS) is 25.8. The van der Waals surface area contributed by atoms with Crippen LogP contribution < -0.4 is 4.90 Å². The van der Waals surface area contributed by atoms with Gasteiger partial charge in [0, 0.05) is 37.2 Å². The van der Waals surface area contributed by atoms with E-state index in [-0.39, 0.29) is 18.8 Å². The molecule has 3 aliphatic heterocycles. The number of rotatable bonds is 5. The van der Waals surface area contributed by atoms with Gasteiger partial charge in [0.25, 0.3) is 0 Å². The fourth-order valence-corrected chi connectivity index (χ4v) is 6.35. The van der Waals surface area contributed by atoms with Crippen LogP contribution in [-0.2, 0) is 9.47 Å². The highest BCUT2D eigenvalue weighted by Crippen LogP contribution is 2.34. The molecular formula is C28H38N6O3. The Hall–Kier alpha value is -2.59. The van der Waals surface area contributed by atoms with Crippen LogP contribution in [0.2, 0.25) is 0 Å². The van der Waals surface area contributed by atoms with Gasteiger partial charge in [-0.2, -0.15) is 5.10 Å². The van der Waals surface area contributed by atoms with E-state index in [1.54, 1.807) is 0 Å². The molecule has 3 aliphatic rings. The van der Waals surface area contributed by atoms with Gasteiger partial charge in [0.05, 0.1) is 37.1 Å². The standard InChI is InChI=1S/C28H38N6O3/c1-18-10-22-13-29-34(26(22)11-25(18)21-4-7-32(8-5-21)23-6-9-36-17-23)28-12-27(30-20(3)31-28)33-14-19(2)37-24(15-33)16-35/h10-13,19,21,23-24,35H,4-9,14-17H2,1-3H3. The van der Waals surface area contributed by atoms with Crippen molar-refractivity contribution in [1.29, 1.82) is 0 Å². The lowest BCUT2D eigenvalue weighted by Gasteiger charge is -2.36. The number of ether oxygens (including phenoxy) is 2. The summed E-state index contributed by atoms with van der Waals surface area (Å²) < 4.78 is 13.4. The summed E-state index contributed by atoms with van der Waals surface area (Å²) in [5, 5.41) is 15.5. The molecule has 1 N–H and O–H groups in total. The predicted octanol–water partition coefficient (Wildman–Crippen LogP) is 2.99. The Morgan fingerprint density at radius 3 is 2.59 bits per heavy atom. The molecule has 37 heavy (non-hydrogen) atoms. The van der Waals surface area contributed by atoms with Gasteiger partial charge >= 0.3 is 0 Å². The third kappa shape index (κ3) is 4.97. The molecule has 2 aromatic heterocycles. The highest BCUT2D eigenvalue weighted by Gasteiger charge is 2.30. The number of piperidine rings is 1. The molecule has 0 spiro atoms. The van der Waals surface area contributed by atoms with E-state index in [0.29, 0.717) is 24.3 Å². The first kappa shape index (κ1) is 24.7. The molecule has 6 rings (SSSR count). The van der Waals surface area contributed by atoms with Crippen molar-refractivity contribution in [3.63, 3.8) is 0 Å². The minimum absolute atomic E-state index is 0.00293. The van der Waals surface area contributed by atoms with Crippen LogP contribution in [0.25, 0.3) is 16.7 Å². The molecule has 0 bridgehead atoms. The molecule has 0 aliphatic carbocycles. The van der Waals surface area contributed by atoms with Gasteiger partial charge in [0.1, 0.15) is 11.6 Å². The van der Waals surface area contributed by atoms with Crippen molar-refractivity contribution >= 4 is 16.7 Å². The Kier molecular flexibility index (Phi) is 6.88. The molecular weight excluding hydrogens is 468 g/mol. The maximum atomic E-state index is 9.67. The van der Waals surface area contributed by atoms with Crippen molar-refractivity contribution in [2.45, 2.75) is 64.2 Å². The fourth-order valence-electron chi connectivity index (χ4n) is 6.35. The quantitative estimate of drug-likeness (QED) is 0.565. The van der Waals surface area contributed by atoms with Crippen molar-refractivity contribution in [3.8, 4) is 5.82 Å². The van der Waals surface area contributed by atoms with Crippen LogP contribution in [0.1, 0.15) is 49.1 Å². The summed E-state index contributed by atoms with van der Waals surface area (Å²) in [5.74, 6) is 2.86. The molecule has 5 heterocycles. The van der Waals surface area contributed by atoms with Crippen LogP contribution in [0, 0.1) is 13.8 Å². The van der Waals surface area contributed by atoms with E-state index in [0.717, 1.165) is 55.4 Å². The average molecular weight is 507 g/mol. The number of aliphatic hydroxyl groups excluding tert-OH is 1. The van der Waals surface area contributed by atoms with E-state index >= 15 is 0 Å². The number of nitrogens with zero attached hydrogens (tertiary/aromatic N) is 6. The van der Waals surface area contributed by atoms with Crippen molar-refractivity contribution in [2.24, 2.45) is 0 Å². The van der Waals surface area contributed by atoms with E-state index in [2.05, 4.69) is 28.9 Å². The Bertz CT molecular complexity index is 1250. The topological polar surface area (TPSA) is 88.8 Å². The Morgan fingerprint density at radius 2 is 1.84 bits per heavy atom. The lowest BCUT2D eigenvalue weighted by atomic mass is 9.86. The zero-order chi connectivity index (χ0) is 25.5. The summed E-state index contributed by atoms with van der Waals surface area (Å²) in [6.07, 6.45) is 5.26. The SMILES string of the molecule is Cc1nc(N2CC(C)OC(CO)C2)cc(-n2ncc3cc(C)c(C4CCN(C5CCOC5)CC4)cc32)n1. The van der Waals surface area contributed by atoms with Gasteiger partial charge in [-0.3, -0.25) is 4.90 Å². The number of hydrogen-bond donors (Lipinski definition) is 1. The van der Waals surface area contributed by atoms with Gasteiger partial charge in [-0.15, -0.1) is 0 Å². The molecule has 3 saturated heterocycles. The molecule has 9 nitrogen and oxygen atoms in total. The van der Waals surface area contributed by atoms with Crippen molar-refractivity contribution in [3.05, 3.63) is 41.3 Å². The van der Waals surface area contributed by atoms with Crippen molar-refractivity contribution in [2.75, 3.05) is 50.9 Å². The number of hydrogen-bond acceptors (Lipinski definition) is 8. The minimum atomic E-state index is -0.217. The molecule has 0 saturated carbocycles. The van der Waals surface area contributed by atoms with Gasteiger partial charge in [0.2, 0.25) is 0 Å². The number of aromatic nitrogens is 4. The third-order valence-corrected chi connectivity index (χ3v) is 8.23. The summed E-state index contributed by atoms with van der Waals surface area (Å²) in [7, 11) is 0. The van der Waals surface area contributed by atoms with Crippen molar-refractivity contribution < 1.29 is 14.6 Å².